The van der Waals surface area contributed by atoms with Crippen LogP contribution in [-0.4, -0.2) is 60.6 Å². The number of carbonyl (C=O) groups excluding carboxylic acids is 3. The van der Waals surface area contributed by atoms with E-state index in [1.54, 1.807) is 35.2 Å². The molecule has 0 aliphatic carbocycles. The van der Waals surface area contributed by atoms with Gasteiger partial charge in [0.05, 0.1) is 19.8 Å². The summed E-state index contributed by atoms with van der Waals surface area (Å²) in [5, 5.41) is 2.56. The van der Waals surface area contributed by atoms with Gasteiger partial charge in [0.15, 0.2) is 6.61 Å². The number of carbonyl (C=O) groups is 3. The van der Waals surface area contributed by atoms with Crippen LogP contribution in [0, 0.1) is 5.82 Å². The van der Waals surface area contributed by atoms with Crippen molar-refractivity contribution in [1.82, 2.24) is 15.1 Å². The lowest BCUT2D eigenvalue weighted by Crippen LogP contribution is -2.42. The normalized spacial score (nSPS) is 17.6. The van der Waals surface area contributed by atoms with Crippen LogP contribution in [0.15, 0.2) is 54.2 Å². The largest absolute Gasteiger partial charge is 0.484 e. The molecule has 9 heteroatoms. The molecular formula is C23H22FN3O5. The number of nitrogens with zero attached hydrogens (tertiary/aromatic N) is 2. The number of halogens is 1. The van der Waals surface area contributed by atoms with Crippen molar-refractivity contribution >= 4 is 23.9 Å². The third-order valence-electron chi connectivity index (χ3n) is 5.13. The molecule has 1 N–H and O–H groups in total. The summed E-state index contributed by atoms with van der Waals surface area (Å²) >= 11 is 0. The average Bonchev–Trinajstić information content (AvgIpc) is 3.07. The second-order valence-corrected chi connectivity index (χ2v) is 7.36. The first-order chi connectivity index (χ1) is 15.5. The van der Waals surface area contributed by atoms with Crippen LogP contribution in [0.1, 0.15) is 11.1 Å². The van der Waals surface area contributed by atoms with E-state index in [1.165, 1.54) is 24.3 Å². The van der Waals surface area contributed by atoms with E-state index in [9.17, 15) is 18.8 Å². The van der Waals surface area contributed by atoms with Crippen LogP contribution >= 0.6 is 0 Å². The molecule has 0 radical (unpaired) electrons. The van der Waals surface area contributed by atoms with Gasteiger partial charge >= 0.3 is 6.03 Å². The molecule has 4 amide bonds. The highest BCUT2D eigenvalue weighted by atomic mass is 19.1. The van der Waals surface area contributed by atoms with E-state index in [-0.39, 0.29) is 30.6 Å². The fraction of sp³-hybridized carbons (Fsp3) is 0.261. The lowest BCUT2D eigenvalue weighted by molar-refractivity contribution is -0.137. The van der Waals surface area contributed by atoms with E-state index < -0.39 is 11.9 Å². The molecule has 166 valence electrons. The van der Waals surface area contributed by atoms with E-state index in [0.29, 0.717) is 43.2 Å². The number of hydrogen-bond acceptors (Lipinski definition) is 5. The van der Waals surface area contributed by atoms with Gasteiger partial charge in [0.25, 0.3) is 11.8 Å². The molecule has 0 atom stereocenters. The minimum Gasteiger partial charge on any atom is -0.484 e. The van der Waals surface area contributed by atoms with Crippen molar-refractivity contribution < 1.29 is 28.2 Å². The van der Waals surface area contributed by atoms with Crippen molar-refractivity contribution in [2.24, 2.45) is 0 Å². The van der Waals surface area contributed by atoms with Gasteiger partial charge in [-0.25, -0.2) is 9.18 Å². The summed E-state index contributed by atoms with van der Waals surface area (Å²) in [6.07, 6.45) is 1.56. The van der Waals surface area contributed by atoms with Crippen LogP contribution in [0.3, 0.4) is 0 Å². The first-order valence-corrected chi connectivity index (χ1v) is 10.2. The third-order valence-corrected chi connectivity index (χ3v) is 5.13. The van der Waals surface area contributed by atoms with E-state index in [0.717, 1.165) is 4.90 Å². The van der Waals surface area contributed by atoms with Crippen molar-refractivity contribution in [3.8, 4) is 5.75 Å². The minimum atomic E-state index is -0.535. The van der Waals surface area contributed by atoms with Gasteiger partial charge in [-0.15, -0.1) is 0 Å². The van der Waals surface area contributed by atoms with Gasteiger partial charge in [-0.05, 0) is 41.5 Å². The maximum absolute atomic E-state index is 13.1. The zero-order valence-electron chi connectivity index (χ0n) is 17.3. The molecule has 2 aliphatic heterocycles. The summed E-state index contributed by atoms with van der Waals surface area (Å²) in [5.41, 5.74) is 1.47. The highest BCUT2D eigenvalue weighted by Gasteiger charge is 2.33. The molecule has 4 rings (SSSR count). The van der Waals surface area contributed by atoms with Crippen LogP contribution in [-0.2, 0) is 20.9 Å². The maximum atomic E-state index is 13.1. The second-order valence-electron chi connectivity index (χ2n) is 7.36. The third kappa shape index (κ3) is 5.12. The molecule has 2 saturated heterocycles. The van der Waals surface area contributed by atoms with Crippen LogP contribution in [0.4, 0.5) is 9.18 Å². The fourth-order valence-corrected chi connectivity index (χ4v) is 3.36. The predicted octanol–water partition coefficient (Wildman–Crippen LogP) is 2.16. The van der Waals surface area contributed by atoms with Crippen LogP contribution in [0.2, 0.25) is 0 Å². The van der Waals surface area contributed by atoms with Gasteiger partial charge in [0.1, 0.15) is 17.3 Å². The second kappa shape index (κ2) is 9.61. The first-order valence-electron chi connectivity index (χ1n) is 10.2. The average molecular weight is 439 g/mol. The Labute approximate surface area is 184 Å². The maximum Gasteiger partial charge on any atom is 0.329 e. The smallest absolute Gasteiger partial charge is 0.329 e. The highest BCUT2D eigenvalue weighted by molar-refractivity contribution is 6.13. The number of hydrogen-bond donors (Lipinski definition) is 1. The number of imide groups is 1. The molecule has 2 aromatic carbocycles. The summed E-state index contributed by atoms with van der Waals surface area (Å²) < 4.78 is 23.8. The van der Waals surface area contributed by atoms with E-state index in [2.05, 4.69) is 5.32 Å². The van der Waals surface area contributed by atoms with Gasteiger partial charge in [0.2, 0.25) is 0 Å². The number of benzene rings is 2. The van der Waals surface area contributed by atoms with Crippen molar-refractivity contribution in [1.29, 1.82) is 0 Å². The van der Waals surface area contributed by atoms with E-state index in [4.69, 9.17) is 9.47 Å². The molecule has 2 heterocycles. The molecule has 0 aromatic heterocycles. The minimum absolute atomic E-state index is 0.0479. The number of morpholine rings is 1. The lowest BCUT2D eigenvalue weighted by Gasteiger charge is -2.26. The summed E-state index contributed by atoms with van der Waals surface area (Å²) in [6, 6.07) is 11.9. The van der Waals surface area contributed by atoms with Crippen LogP contribution in [0.5, 0.6) is 5.75 Å². The molecule has 2 fully saturated rings. The Balaban J connectivity index is 1.35. The van der Waals surface area contributed by atoms with Gasteiger partial charge in [-0.3, -0.25) is 14.5 Å². The van der Waals surface area contributed by atoms with Crippen molar-refractivity contribution in [3.05, 3.63) is 71.2 Å². The SMILES string of the molecule is O=C(COc1ccc(/C=C2\NC(=O)N(Cc3ccc(F)cc3)C2=O)cc1)N1CCOCC1. The standard InChI is InChI=1S/C23H22FN3O5/c24-18-5-1-17(2-6-18)14-27-22(29)20(25-23(27)30)13-16-3-7-19(8-4-16)32-15-21(28)26-9-11-31-12-10-26/h1-8,13H,9-12,14-15H2,(H,25,30)/b20-13-. The molecule has 0 unspecified atom stereocenters. The van der Waals surface area contributed by atoms with Gasteiger partial charge < -0.3 is 19.7 Å². The monoisotopic (exact) mass is 439 g/mol. The molecule has 2 aliphatic rings. The molecule has 0 spiro atoms. The molecule has 2 aromatic rings. The Hall–Kier alpha value is -3.72. The van der Waals surface area contributed by atoms with E-state index in [1.807, 2.05) is 0 Å². The van der Waals surface area contributed by atoms with Crippen LogP contribution in [0.25, 0.3) is 6.08 Å². The summed E-state index contributed by atoms with van der Waals surface area (Å²) in [6.45, 7) is 2.18. The summed E-state index contributed by atoms with van der Waals surface area (Å²) in [4.78, 5) is 39.7. The first kappa shape index (κ1) is 21.5. The summed E-state index contributed by atoms with van der Waals surface area (Å²) in [5.74, 6) is -0.423. The van der Waals surface area contributed by atoms with E-state index >= 15 is 0 Å². The zero-order valence-corrected chi connectivity index (χ0v) is 17.3. The molecule has 0 saturated carbocycles. The number of nitrogens with one attached hydrogen (secondary N) is 1. The summed E-state index contributed by atoms with van der Waals surface area (Å²) in [7, 11) is 0. The topological polar surface area (TPSA) is 88.2 Å². The number of urea groups is 1. The lowest BCUT2D eigenvalue weighted by atomic mass is 10.1. The highest BCUT2D eigenvalue weighted by Crippen LogP contribution is 2.19. The van der Waals surface area contributed by atoms with Gasteiger partial charge in [-0.2, -0.15) is 0 Å². The quantitative estimate of drug-likeness (QED) is 0.551. The Bertz CT molecular complexity index is 1030. The number of ether oxygens (including phenoxy) is 2. The Morgan fingerprint density at radius 3 is 2.44 bits per heavy atom. The molecule has 32 heavy (non-hydrogen) atoms. The Morgan fingerprint density at radius 2 is 1.75 bits per heavy atom. The molecule has 8 nitrogen and oxygen atoms in total. The molecular weight excluding hydrogens is 417 g/mol. The van der Waals surface area contributed by atoms with Crippen molar-refractivity contribution in [3.63, 3.8) is 0 Å². The number of rotatable bonds is 6. The Morgan fingerprint density at radius 1 is 1.06 bits per heavy atom. The Kier molecular flexibility index (Phi) is 6.46. The zero-order chi connectivity index (χ0) is 22.5. The van der Waals surface area contributed by atoms with Gasteiger partial charge in [0, 0.05) is 13.1 Å². The number of amides is 4. The fourth-order valence-electron chi connectivity index (χ4n) is 3.36. The van der Waals surface area contributed by atoms with Crippen molar-refractivity contribution in [2.75, 3.05) is 32.9 Å². The predicted molar refractivity (Wildman–Crippen MR) is 113 cm³/mol. The van der Waals surface area contributed by atoms with Crippen molar-refractivity contribution in [2.45, 2.75) is 6.54 Å². The van der Waals surface area contributed by atoms with Gasteiger partial charge in [-0.1, -0.05) is 24.3 Å². The van der Waals surface area contributed by atoms with Crippen LogP contribution < -0.4 is 10.1 Å². The molecule has 0 bridgehead atoms.